The van der Waals surface area contributed by atoms with Gasteiger partial charge in [0.05, 0.1) is 12.9 Å². The molecule has 0 spiro atoms. The number of carbonyl (C=O) groups is 2. The average Bonchev–Trinajstić information content (AvgIpc) is 2.98. The fraction of sp³-hybridized carbons (Fsp3) is 0.333. The zero-order valence-electron chi connectivity index (χ0n) is 12.8. The Morgan fingerprint density at radius 1 is 1.30 bits per heavy atom. The Labute approximate surface area is 142 Å². The molecule has 0 aliphatic carbocycles. The predicted molar refractivity (Wildman–Crippen MR) is 89.5 cm³/mol. The van der Waals surface area contributed by atoms with Gasteiger partial charge in [0.25, 0.3) is 0 Å². The minimum Gasteiger partial charge on any atom is -0.467 e. The predicted octanol–water partition coefficient (Wildman–Crippen LogP) is 1.84. The van der Waals surface area contributed by atoms with Crippen LogP contribution in [0, 0.1) is 6.92 Å². The molecule has 23 heavy (non-hydrogen) atoms. The van der Waals surface area contributed by atoms with Gasteiger partial charge in [-0.1, -0.05) is 53.4 Å². The number of methoxy groups -OCH3 is 1. The number of thioether (sulfide) groups is 1. The number of hydrogen-bond acceptors (Lipinski definition) is 7. The van der Waals surface area contributed by atoms with Gasteiger partial charge in [-0.15, -0.1) is 10.2 Å². The van der Waals surface area contributed by atoms with Gasteiger partial charge in [0.15, 0.2) is 4.34 Å². The number of carbonyl (C=O) groups excluding carboxylic acids is 2. The van der Waals surface area contributed by atoms with E-state index in [9.17, 15) is 9.59 Å². The van der Waals surface area contributed by atoms with E-state index < -0.39 is 12.0 Å². The Hall–Kier alpha value is -1.93. The molecule has 2 aromatic rings. The lowest BCUT2D eigenvalue weighted by Crippen LogP contribution is -2.43. The van der Waals surface area contributed by atoms with Gasteiger partial charge in [0.1, 0.15) is 11.0 Å². The Bertz CT molecular complexity index is 661. The van der Waals surface area contributed by atoms with E-state index in [1.54, 1.807) is 0 Å². The van der Waals surface area contributed by atoms with Gasteiger partial charge in [-0.05, 0) is 12.5 Å². The van der Waals surface area contributed by atoms with Crippen LogP contribution in [0.2, 0.25) is 0 Å². The summed E-state index contributed by atoms with van der Waals surface area (Å²) in [5, 5.41) is 11.4. The van der Waals surface area contributed by atoms with Gasteiger partial charge < -0.3 is 10.1 Å². The number of benzene rings is 1. The third kappa shape index (κ3) is 5.65. The van der Waals surface area contributed by atoms with E-state index in [-0.39, 0.29) is 11.7 Å². The number of nitrogens with one attached hydrogen (secondary N) is 1. The highest BCUT2D eigenvalue weighted by molar-refractivity contribution is 8.01. The molecule has 1 heterocycles. The highest BCUT2D eigenvalue weighted by Crippen LogP contribution is 2.21. The lowest BCUT2D eigenvalue weighted by Gasteiger charge is -2.16. The van der Waals surface area contributed by atoms with E-state index in [4.69, 9.17) is 4.74 Å². The van der Waals surface area contributed by atoms with Gasteiger partial charge in [-0.3, -0.25) is 4.79 Å². The number of nitrogens with zero attached hydrogens (tertiary/aromatic N) is 2. The molecule has 1 amide bonds. The molecule has 0 fully saturated rings. The van der Waals surface area contributed by atoms with Crippen LogP contribution in [0.5, 0.6) is 0 Å². The molecular weight excluding hydrogens is 334 g/mol. The Kier molecular flexibility index (Phi) is 6.54. The summed E-state index contributed by atoms with van der Waals surface area (Å²) in [4.78, 5) is 23.9. The smallest absolute Gasteiger partial charge is 0.328 e. The molecule has 0 aliphatic rings. The first-order chi connectivity index (χ1) is 11.1. The number of aromatic nitrogens is 2. The van der Waals surface area contributed by atoms with Crippen LogP contribution >= 0.6 is 23.1 Å². The van der Waals surface area contributed by atoms with E-state index in [2.05, 4.69) is 15.5 Å². The zero-order valence-corrected chi connectivity index (χ0v) is 14.4. The second kappa shape index (κ2) is 8.64. The molecule has 0 saturated heterocycles. The van der Waals surface area contributed by atoms with E-state index in [1.165, 1.54) is 30.2 Å². The van der Waals surface area contributed by atoms with Gasteiger partial charge in [-0.2, -0.15) is 0 Å². The molecule has 0 saturated carbocycles. The summed E-state index contributed by atoms with van der Waals surface area (Å²) in [6.45, 7) is 1.86. The molecule has 1 aromatic carbocycles. The van der Waals surface area contributed by atoms with E-state index in [0.717, 1.165) is 14.9 Å². The van der Waals surface area contributed by atoms with Crippen molar-refractivity contribution < 1.29 is 14.3 Å². The first-order valence-electron chi connectivity index (χ1n) is 6.92. The molecule has 0 unspecified atom stereocenters. The molecule has 1 atom stereocenters. The quantitative estimate of drug-likeness (QED) is 0.605. The number of esters is 1. The SMILES string of the molecule is COC(=O)[C@H](Cc1ccccc1)NC(=O)CSc1nnc(C)s1. The number of rotatable bonds is 7. The van der Waals surface area contributed by atoms with Crippen LogP contribution in [-0.2, 0) is 20.7 Å². The minimum absolute atomic E-state index is 0.177. The van der Waals surface area contributed by atoms with Crippen molar-refractivity contribution in [2.24, 2.45) is 0 Å². The lowest BCUT2D eigenvalue weighted by atomic mass is 10.1. The van der Waals surface area contributed by atoms with Crippen molar-refractivity contribution in [3.05, 3.63) is 40.9 Å². The van der Waals surface area contributed by atoms with Crippen molar-refractivity contribution in [1.82, 2.24) is 15.5 Å². The van der Waals surface area contributed by atoms with E-state index >= 15 is 0 Å². The number of amides is 1. The third-order valence-electron chi connectivity index (χ3n) is 2.94. The van der Waals surface area contributed by atoms with Crippen molar-refractivity contribution in [3.63, 3.8) is 0 Å². The van der Waals surface area contributed by atoms with Crippen LogP contribution in [0.25, 0.3) is 0 Å². The maximum Gasteiger partial charge on any atom is 0.328 e. The highest BCUT2D eigenvalue weighted by atomic mass is 32.2. The van der Waals surface area contributed by atoms with E-state index in [1.807, 2.05) is 37.3 Å². The Morgan fingerprint density at radius 2 is 2.04 bits per heavy atom. The molecular formula is C15H17N3O3S2. The zero-order chi connectivity index (χ0) is 16.7. The summed E-state index contributed by atoms with van der Waals surface area (Å²) >= 11 is 2.73. The third-order valence-corrected chi connectivity index (χ3v) is 4.91. The summed E-state index contributed by atoms with van der Waals surface area (Å²) in [5.74, 6) is -0.523. The van der Waals surface area contributed by atoms with Crippen LogP contribution in [0.3, 0.4) is 0 Å². The van der Waals surface area contributed by atoms with Crippen molar-refractivity contribution in [2.75, 3.05) is 12.9 Å². The molecule has 2 rings (SSSR count). The van der Waals surface area contributed by atoms with Gasteiger partial charge >= 0.3 is 5.97 Å². The van der Waals surface area contributed by atoms with Gasteiger partial charge in [-0.25, -0.2) is 4.79 Å². The Balaban J connectivity index is 1.91. The standard InChI is InChI=1S/C15H17N3O3S2/c1-10-17-18-15(23-10)22-9-13(19)16-12(14(20)21-2)8-11-6-4-3-5-7-11/h3-7,12H,8-9H2,1-2H3,(H,16,19)/t12-/m0/s1. The van der Waals surface area contributed by atoms with Crippen LogP contribution in [0.1, 0.15) is 10.6 Å². The van der Waals surface area contributed by atoms with Crippen molar-refractivity contribution >= 4 is 35.0 Å². The molecule has 1 aromatic heterocycles. The first-order valence-corrected chi connectivity index (χ1v) is 8.72. The summed E-state index contributed by atoms with van der Waals surface area (Å²) in [6.07, 6.45) is 0.391. The maximum absolute atomic E-state index is 12.1. The van der Waals surface area contributed by atoms with Crippen LogP contribution in [0.4, 0.5) is 0 Å². The van der Waals surface area contributed by atoms with E-state index in [0.29, 0.717) is 6.42 Å². The maximum atomic E-state index is 12.1. The second-order valence-corrected chi connectivity index (χ2v) is 7.11. The van der Waals surface area contributed by atoms with Crippen molar-refractivity contribution in [2.45, 2.75) is 23.7 Å². The highest BCUT2D eigenvalue weighted by Gasteiger charge is 2.22. The number of hydrogen-bond donors (Lipinski definition) is 1. The molecule has 0 radical (unpaired) electrons. The molecule has 0 aliphatic heterocycles. The summed E-state index contributed by atoms with van der Waals surface area (Å²) < 4.78 is 5.50. The molecule has 8 heteroatoms. The van der Waals surface area contributed by atoms with Crippen LogP contribution in [-0.4, -0.2) is 41.0 Å². The minimum atomic E-state index is -0.702. The number of aryl methyl sites for hydroxylation is 1. The average molecular weight is 351 g/mol. The largest absolute Gasteiger partial charge is 0.467 e. The van der Waals surface area contributed by atoms with Crippen molar-refractivity contribution in [3.8, 4) is 0 Å². The van der Waals surface area contributed by atoms with Gasteiger partial charge in [0.2, 0.25) is 5.91 Å². The molecule has 0 bridgehead atoms. The number of ether oxygens (including phenoxy) is 1. The Morgan fingerprint density at radius 3 is 2.65 bits per heavy atom. The molecule has 1 N–H and O–H groups in total. The summed E-state index contributed by atoms with van der Waals surface area (Å²) in [6, 6.07) is 8.78. The van der Waals surface area contributed by atoms with Crippen LogP contribution in [0.15, 0.2) is 34.7 Å². The topological polar surface area (TPSA) is 81.2 Å². The summed E-state index contributed by atoms with van der Waals surface area (Å²) in [5.41, 5.74) is 0.954. The monoisotopic (exact) mass is 351 g/mol. The lowest BCUT2D eigenvalue weighted by molar-refractivity contribution is -0.144. The van der Waals surface area contributed by atoms with Crippen LogP contribution < -0.4 is 5.32 Å². The first kappa shape index (κ1) is 17.4. The molecule has 6 nitrogen and oxygen atoms in total. The second-order valence-electron chi connectivity index (χ2n) is 4.71. The summed E-state index contributed by atoms with van der Waals surface area (Å²) in [7, 11) is 1.31. The normalized spacial score (nSPS) is 11.7. The fourth-order valence-corrected chi connectivity index (χ4v) is 3.51. The van der Waals surface area contributed by atoms with Crippen molar-refractivity contribution in [1.29, 1.82) is 0 Å². The van der Waals surface area contributed by atoms with Gasteiger partial charge in [0, 0.05) is 6.42 Å². The molecule has 122 valence electrons. The fourth-order valence-electron chi connectivity index (χ4n) is 1.89.